The van der Waals surface area contributed by atoms with Crippen LogP contribution in [0.5, 0.6) is 0 Å². The van der Waals surface area contributed by atoms with Gasteiger partial charge >= 0.3 is 0 Å². The molecule has 0 spiro atoms. The van der Waals surface area contributed by atoms with Crippen molar-refractivity contribution in [3.63, 3.8) is 0 Å². The van der Waals surface area contributed by atoms with E-state index in [4.69, 9.17) is 0 Å². The predicted molar refractivity (Wildman–Crippen MR) is 139 cm³/mol. The second-order valence-corrected chi connectivity index (χ2v) is 8.93. The van der Waals surface area contributed by atoms with Crippen molar-refractivity contribution in [1.82, 2.24) is 20.5 Å². The highest BCUT2D eigenvalue weighted by Gasteiger charge is 2.34. The fraction of sp³-hybridized carbons (Fsp3) is 0.522. The number of nitrogens with one attached hydrogen (secondary N) is 2. The maximum Gasteiger partial charge on any atom is 0.241 e. The van der Waals surface area contributed by atoms with Crippen LogP contribution in [0.2, 0.25) is 0 Å². The van der Waals surface area contributed by atoms with E-state index in [1.54, 1.807) is 18.1 Å². The van der Waals surface area contributed by atoms with E-state index in [1.807, 2.05) is 36.6 Å². The minimum atomic E-state index is 0. The van der Waals surface area contributed by atoms with Gasteiger partial charge in [0, 0.05) is 55.8 Å². The molecule has 2 heterocycles. The first-order valence-corrected chi connectivity index (χ1v) is 11.6. The summed E-state index contributed by atoms with van der Waals surface area (Å²) in [5.74, 6) is 0.725. The number of thiophene rings is 1. The summed E-state index contributed by atoms with van der Waals surface area (Å²) in [4.78, 5) is 24.3. The smallest absolute Gasteiger partial charge is 0.241 e. The normalized spacial score (nSPS) is 15.6. The van der Waals surface area contributed by atoms with Crippen LogP contribution in [-0.2, 0) is 16.6 Å². The van der Waals surface area contributed by atoms with Crippen LogP contribution in [-0.4, -0.2) is 55.5 Å². The van der Waals surface area contributed by atoms with Crippen molar-refractivity contribution in [2.45, 2.75) is 43.9 Å². The maximum atomic E-state index is 12.5. The molecule has 0 aliphatic heterocycles. The second-order valence-electron chi connectivity index (χ2n) is 7.98. The summed E-state index contributed by atoms with van der Waals surface area (Å²) >= 11 is 1.85. The van der Waals surface area contributed by atoms with Gasteiger partial charge in [0.1, 0.15) is 0 Å². The Bertz CT molecular complexity index is 807. The van der Waals surface area contributed by atoms with Gasteiger partial charge in [-0.1, -0.05) is 31.4 Å². The summed E-state index contributed by atoms with van der Waals surface area (Å²) in [7, 11) is 3.58. The van der Waals surface area contributed by atoms with Crippen LogP contribution in [0.25, 0.3) is 0 Å². The Morgan fingerprint density at radius 1 is 1.19 bits per heavy atom. The zero-order valence-corrected chi connectivity index (χ0v) is 21.6. The Morgan fingerprint density at radius 2 is 2.00 bits per heavy atom. The van der Waals surface area contributed by atoms with E-state index in [-0.39, 0.29) is 41.8 Å². The molecule has 8 heteroatoms. The van der Waals surface area contributed by atoms with Crippen molar-refractivity contribution < 1.29 is 4.79 Å². The van der Waals surface area contributed by atoms with Gasteiger partial charge in [0.2, 0.25) is 5.91 Å². The third-order valence-electron chi connectivity index (χ3n) is 5.93. The highest BCUT2D eigenvalue weighted by molar-refractivity contribution is 14.0. The number of aromatic nitrogens is 1. The van der Waals surface area contributed by atoms with Crippen LogP contribution >= 0.6 is 35.3 Å². The van der Waals surface area contributed by atoms with E-state index in [0.29, 0.717) is 12.5 Å². The van der Waals surface area contributed by atoms with Gasteiger partial charge in [0.05, 0.1) is 6.54 Å². The minimum absolute atomic E-state index is 0. The van der Waals surface area contributed by atoms with E-state index in [0.717, 1.165) is 18.7 Å². The van der Waals surface area contributed by atoms with Gasteiger partial charge in [-0.2, -0.15) is 0 Å². The second kappa shape index (κ2) is 13.0. The highest BCUT2D eigenvalue weighted by Crippen LogP contribution is 2.41. The topological polar surface area (TPSA) is 69.6 Å². The number of nitrogens with zero attached hydrogens (tertiary/aromatic N) is 3. The lowest BCUT2D eigenvalue weighted by Crippen LogP contribution is -2.48. The van der Waals surface area contributed by atoms with Crippen LogP contribution in [0, 0.1) is 0 Å². The van der Waals surface area contributed by atoms with E-state index in [2.05, 4.69) is 38.1 Å². The molecule has 0 radical (unpaired) electrons. The number of pyridine rings is 1. The Kier molecular flexibility index (Phi) is 10.7. The summed E-state index contributed by atoms with van der Waals surface area (Å²) < 4.78 is 0. The van der Waals surface area contributed by atoms with Gasteiger partial charge in [0.15, 0.2) is 5.96 Å². The third kappa shape index (κ3) is 7.45. The van der Waals surface area contributed by atoms with E-state index in [9.17, 15) is 4.79 Å². The third-order valence-corrected chi connectivity index (χ3v) is 7.05. The summed E-state index contributed by atoms with van der Waals surface area (Å²) in [5, 5.41) is 8.84. The average molecular weight is 556 g/mol. The van der Waals surface area contributed by atoms with Gasteiger partial charge in [-0.15, -0.1) is 35.3 Å². The molecule has 2 aromatic heterocycles. The summed E-state index contributed by atoms with van der Waals surface area (Å²) in [5.41, 5.74) is 1.17. The zero-order valence-electron chi connectivity index (χ0n) is 18.5. The molecular formula is C23H34IN5OS. The molecule has 2 N–H and O–H groups in total. The van der Waals surface area contributed by atoms with Gasteiger partial charge in [-0.05, 0) is 36.4 Å². The first-order valence-electron chi connectivity index (χ1n) is 10.8. The van der Waals surface area contributed by atoms with Gasteiger partial charge in [-0.3, -0.25) is 14.8 Å². The number of carbonyl (C=O) groups is 1. The van der Waals surface area contributed by atoms with Gasteiger partial charge < -0.3 is 15.5 Å². The fourth-order valence-electron chi connectivity index (χ4n) is 4.04. The number of hydrogen-bond acceptors (Lipinski definition) is 4. The molecule has 1 aliphatic carbocycles. The summed E-state index contributed by atoms with van der Waals surface area (Å²) in [6.45, 7) is 1.71. The van der Waals surface area contributed by atoms with Crippen molar-refractivity contribution in [3.05, 3.63) is 52.5 Å². The standard InChI is InChI=1S/C23H33N5OS.HI/c1-24-22(26-17-21(29)28(2)15-11-19-9-4-7-14-25-19)27-18-23(12-5-3-6-13-23)20-10-8-16-30-20;/h4,7-10,14,16H,3,5-6,11-13,15,17-18H2,1-2H3,(H2,24,26,27);1H. The molecule has 0 saturated heterocycles. The van der Waals surface area contributed by atoms with Crippen LogP contribution in [0.3, 0.4) is 0 Å². The number of carbonyl (C=O) groups excluding carboxylic acids is 1. The quantitative estimate of drug-likeness (QED) is 0.295. The van der Waals surface area contributed by atoms with Crippen LogP contribution < -0.4 is 10.6 Å². The van der Waals surface area contributed by atoms with E-state index in [1.165, 1.54) is 37.0 Å². The lowest BCUT2D eigenvalue weighted by atomic mass is 9.73. The predicted octanol–water partition coefficient (Wildman–Crippen LogP) is 3.83. The summed E-state index contributed by atoms with van der Waals surface area (Å²) in [6.07, 6.45) is 8.79. The number of amides is 1. The largest absolute Gasteiger partial charge is 0.355 e. The molecule has 0 atom stereocenters. The first kappa shape index (κ1) is 25.6. The first-order chi connectivity index (χ1) is 14.6. The lowest BCUT2D eigenvalue weighted by molar-refractivity contribution is -0.128. The molecule has 1 saturated carbocycles. The van der Waals surface area contributed by atoms with Gasteiger partial charge in [-0.25, -0.2) is 0 Å². The van der Waals surface area contributed by atoms with Crippen molar-refractivity contribution in [1.29, 1.82) is 0 Å². The Hall–Kier alpha value is -1.68. The average Bonchev–Trinajstić information content (AvgIpc) is 3.34. The zero-order chi connectivity index (χ0) is 21.2. The summed E-state index contributed by atoms with van der Waals surface area (Å²) in [6, 6.07) is 10.3. The van der Waals surface area contributed by atoms with Crippen molar-refractivity contribution >= 4 is 47.2 Å². The SMILES string of the molecule is CN=C(NCC(=O)N(C)CCc1ccccn1)NCC1(c2cccs2)CCCCC1.I. The van der Waals surface area contributed by atoms with Crippen LogP contribution in [0.15, 0.2) is 46.9 Å². The number of likely N-dealkylation sites (N-methyl/N-ethyl adjacent to an activating group) is 1. The Labute approximate surface area is 207 Å². The molecular weight excluding hydrogens is 521 g/mol. The van der Waals surface area contributed by atoms with E-state index >= 15 is 0 Å². The fourth-order valence-corrected chi connectivity index (χ4v) is 5.03. The molecule has 31 heavy (non-hydrogen) atoms. The van der Waals surface area contributed by atoms with Crippen molar-refractivity contribution in [2.75, 3.05) is 33.7 Å². The Morgan fingerprint density at radius 3 is 2.65 bits per heavy atom. The Balaban J connectivity index is 0.00000341. The molecule has 1 amide bonds. The number of rotatable bonds is 8. The molecule has 0 bridgehead atoms. The molecule has 1 aliphatic rings. The number of aliphatic imine (C=N–C) groups is 1. The molecule has 170 valence electrons. The molecule has 2 aromatic rings. The lowest BCUT2D eigenvalue weighted by Gasteiger charge is -2.37. The van der Waals surface area contributed by atoms with Crippen LogP contribution in [0.4, 0.5) is 0 Å². The minimum Gasteiger partial charge on any atom is -0.355 e. The monoisotopic (exact) mass is 555 g/mol. The van der Waals surface area contributed by atoms with Gasteiger partial charge in [0.25, 0.3) is 0 Å². The van der Waals surface area contributed by atoms with Crippen molar-refractivity contribution in [2.24, 2.45) is 4.99 Å². The molecule has 0 unspecified atom stereocenters. The van der Waals surface area contributed by atoms with E-state index < -0.39 is 0 Å². The van der Waals surface area contributed by atoms with Crippen molar-refractivity contribution in [3.8, 4) is 0 Å². The number of guanidine groups is 1. The highest BCUT2D eigenvalue weighted by atomic mass is 127. The number of halogens is 1. The molecule has 6 nitrogen and oxygen atoms in total. The molecule has 0 aromatic carbocycles. The molecule has 3 rings (SSSR count). The molecule has 1 fully saturated rings. The maximum absolute atomic E-state index is 12.5. The number of hydrogen-bond donors (Lipinski definition) is 2. The van der Waals surface area contributed by atoms with Crippen LogP contribution in [0.1, 0.15) is 42.7 Å².